The SMILES string of the molecule is Oc1ccccc1-c1ccc2ccc3ccc(-c4ccc(-c5c6ccccc6c(-c6cccc7ccccc67)c6ccccc56)cc4)nc3c2n1. The molecule has 0 amide bonds. The van der Waals surface area contributed by atoms with Gasteiger partial charge in [0.05, 0.1) is 22.4 Å². The molecular weight excluding hydrogens is 621 g/mol. The van der Waals surface area contributed by atoms with E-state index >= 15 is 0 Å². The Balaban J connectivity index is 1.12. The third-order valence-corrected chi connectivity index (χ3v) is 10.2. The standard InChI is InChI=1S/C48H30N2O/c51-44-19-8-7-17-41(44)43-29-27-34-25-24-33-26-28-42(49-47(33)48(34)50-43)31-20-22-32(23-21-31)45-37-13-3-5-15-39(37)46(40-16-6-4-14-38(40)45)36-18-9-11-30-10-1-2-12-35(30)36/h1-29,51H. The topological polar surface area (TPSA) is 46.0 Å². The smallest absolute Gasteiger partial charge is 0.124 e. The Morgan fingerprint density at radius 1 is 0.314 bits per heavy atom. The van der Waals surface area contributed by atoms with Gasteiger partial charge in [-0.25, -0.2) is 9.97 Å². The van der Waals surface area contributed by atoms with Crippen LogP contribution in [0.2, 0.25) is 0 Å². The molecule has 10 aromatic rings. The number of nitrogens with zero attached hydrogens (tertiary/aromatic N) is 2. The molecule has 3 heteroatoms. The van der Waals surface area contributed by atoms with Crippen molar-refractivity contribution in [1.29, 1.82) is 0 Å². The van der Waals surface area contributed by atoms with E-state index in [0.717, 1.165) is 44.3 Å². The lowest BCUT2D eigenvalue weighted by Crippen LogP contribution is -1.92. The Morgan fingerprint density at radius 3 is 1.45 bits per heavy atom. The number of rotatable bonds is 4. The number of aromatic nitrogens is 2. The molecule has 2 heterocycles. The van der Waals surface area contributed by atoms with Crippen molar-refractivity contribution in [2.45, 2.75) is 0 Å². The molecule has 0 radical (unpaired) electrons. The second-order valence-electron chi connectivity index (χ2n) is 13.1. The molecule has 0 aliphatic rings. The Hall–Kier alpha value is -6.84. The van der Waals surface area contributed by atoms with Crippen molar-refractivity contribution < 1.29 is 5.11 Å². The van der Waals surface area contributed by atoms with Crippen LogP contribution in [-0.2, 0) is 0 Å². The number of aromatic hydroxyl groups is 1. The first-order valence-electron chi connectivity index (χ1n) is 17.2. The van der Waals surface area contributed by atoms with Crippen LogP contribution in [0.3, 0.4) is 0 Å². The Morgan fingerprint density at radius 2 is 0.784 bits per heavy atom. The molecule has 0 saturated carbocycles. The van der Waals surface area contributed by atoms with E-state index < -0.39 is 0 Å². The van der Waals surface area contributed by atoms with Crippen LogP contribution in [-0.4, -0.2) is 15.1 Å². The highest BCUT2D eigenvalue weighted by Crippen LogP contribution is 2.45. The maximum absolute atomic E-state index is 10.5. The van der Waals surface area contributed by atoms with Crippen molar-refractivity contribution in [3.05, 3.63) is 176 Å². The molecule has 8 aromatic carbocycles. The highest BCUT2D eigenvalue weighted by molar-refractivity contribution is 6.23. The number of benzene rings is 8. The second-order valence-corrected chi connectivity index (χ2v) is 13.1. The van der Waals surface area contributed by atoms with Gasteiger partial charge in [0.15, 0.2) is 0 Å². The number of phenols is 1. The molecule has 0 saturated heterocycles. The summed E-state index contributed by atoms with van der Waals surface area (Å²) in [6.45, 7) is 0. The maximum Gasteiger partial charge on any atom is 0.124 e. The Bertz CT molecular complexity index is 2920. The van der Waals surface area contributed by atoms with E-state index in [1.165, 1.54) is 49.0 Å². The molecule has 2 aromatic heterocycles. The molecule has 238 valence electrons. The normalized spacial score (nSPS) is 11.6. The van der Waals surface area contributed by atoms with E-state index in [2.05, 4.69) is 140 Å². The quantitative estimate of drug-likeness (QED) is 0.152. The summed E-state index contributed by atoms with van der Waals surface area (Å²) in [5, 5.41) is 20.0. The molecule has 3 nitrogen and oxygen atoms in total. The minimum absolute atomic E-state index is 0.210. The van der Waals surface area contributed by atoms with Crippen molar-refractivity contribution >= 4 is 54.1 Å². The summed E-state index contributed by atoms with van der Waals surface area (Å²) in [7, 11) is 0. The van der Waals surface area contributed by atoms with Crippen LogP contribution in [0.4, 0.5) is 0 Å². The van der Waals surface area contributed by atoms with Crippen molar-refractivity contribution in [2.75, 3.05) is 0 Å². The minimum Gasteiger partial charge on any atom is -0.507 e. The van der Waals surface area contributed by atoms with E-state index in [1.807, 2.05) is 30.3 Å². The minimum atomic E-state index is 0.210. The van der Waals surface area contributed by atoms with Gasteiger partial charge in [0, 0.05) is 21.9 Å². The zero-order valence-corrected chi connectivity index (χ0v) is 27.6. The molecular formula is C48H30N2O. The van der Waals surface area contributed by atoms with Gasteiger partial charge in [0.25, 0.3) is 0 Å². The number of pyridine rings is 2. The van der Waals surface area contributed by atoms with Crippen LogP contribution in [0, 0.1) is 0 Å². The largest absolute Gasteiger partial charge is 0.507 e. The fourth-order valence-corrected chi connectivity index (χ4v) is 7.75. The van der Waals surface area contributed by atoms with Crippen LogP contribution in [0.25, 0.3) is 98.9 Å². The number of para-hydroxylation sites is 1. The van der Waals surface area contributed by atoms with Gasteiger partial charge in [-0.15, -0.1) is 0 Å². The second kappa shape index (κ2) is 11.6. The summed E-state index contributed by atoms with van der Waals surface area (Å²) in [4.78, 5) is 10.2. The van der Waals surface area contributed by atoms with Gasteiger partial charge in [0.1, 0.15) is 5.75 Å². The number of hydrogen-bond donors (Lipinski definition) is 1. The van der Waals surface area contributed by atoms with E-state index in [0.29, 0.717) is 5.56 Å². The number of phenolic OH excluding ortho intramolecular Hbond substituents is 1. The summed E-state index contributed by atoms with van der Waals surface area (Å²) in [6, 6.07) is 61.4. The van der Waals surface area contributed by atoms with Gasteiger partial charge in [0.2, 0.25) is 0 Å². The highest BCUT2D eigenvalue weighted by Gasteiger charge is 2.18. The third kappa shape index (κ3) is 4.74. The van der Waals surface area contributed by atoms with Crippen molar-refractivity contribution in [1.82, 2.24) is 9.97 Å². The van der Waals surface area contributed by atoms with Gasteiger partial charge >= 0.3 is 0 Å². The number of hydrogen-bond acceptors (Lipinski definition) is 3. The van der Waals surface area contributed by atoms with Crippen molar-refractivity contribution in [3.8, 4) is 50.5 Å². The monoisotopic (exact) mass is 650 g/mol. The first-order chi connectivity index (χ1) is 25.2. The lowest BCUT2D eigenvalue weighted by atomic mass is 9.84. The predicted molar refractivity (Wildman–Crippen MR) is 213 cm³/mol. The van der Waals surface area contributed by atoms with Gasteiger partial charge < -0.3 is 5.11 Å². The lowest BCUT2D eigenvalue weighted by molar-refractivity contribution is 0.477. The summed E-state index contributed by atoms with van der Waals surface area (Å²) in [6.07, 6.45) is 0. The maximum atomic E-state index is 10.5. The van der Waals surface area contributed by atoms with Crippen LogP contribution in [0.1, 0.15) is 0 Å². The molecule has 1 N–H and O–H groups in total. The van der Waals surface area contributed by atoms with Crippen molar-refractivity contribution in [2.24, 2.45) is 0 Å². The van der Waals surface area contributed by atoms with Crippen LogP contribution in [0.15, 0.2) is 176 Å². The molecule has 0 aliphatic carbocycles. The van der Waals surface area contributed by atoms with Crippen LogP contribution in [0.5, 0.6) is 5.75 Å². The zero-order chi connectivity index (χ0) is 33.9. The predicted octanol–water partition coefficient (Wildman–Crippen LogP) is 12.6. The van der Waals surface area contributed by atoms with Gasteiger partial charge in [-0.05, 0) is 78.8 Å². The fourth-order valence-electron chi connectivity index (χ4n) is 7.75. The molecule has 0 aliphatic heterocycles. The van der Waals surface area contributed by atoms with E-state index in [9.17, 15) is 5.11 Å². The van der Waals surface area contributed by atoms with Crippen molar-refractivity contribution in [3.63, 3.8) is 0 Å². The van der Waals surface area contributed by atoms with E-state index in [-0.39, 0.29) is 5.75 Å². The molecule has 51 heavy (non-hydrogen) atoms. The summed E-state index contributed by atoms with van der Waals surface area (Å²) in [5.74, 6) is 0.210. The zero-order valence-electron chi connectivity index (χ0n) is 27.6. The third-order valence-electron chi connectivity index (χ3n) is 10.2. The van der Waals surface area contributed by atoms with E-state index in [4.69, 9.17) is 9.97 Å². The molecule has 0 bridgehead atoms. The molecule has 0 atom stereocenters. The Kier molecular flexibility index (Phi) is 6.65. The van der Waals surface area contributed by atoms with E-state index in [1.54, 1.807) is 6.07 Å². The van der Waals surface area contributed by atoms with Gasteiger partial charge in [-0.2, -0.15) is 0 Å². The lowest BCUT2D eigenvalue weighted by Gasteiger charge is -2.19. The van der Waals surface area contributed by atoms with Crippen LogP contribution < -0.4 is 0 Å². The summed E-state index contributed by atoms with van der Waals surface area (Å²) >= 11 is 0. The first-order valence-corrected chi connectivity index (χ1v) is 17.2. The highest BCUT2D eigenvalue weighted by atomic mass is 16.3. The molecule has 10 rings (SSSR count). The van der Waals surface area contributed by atoms with Gasteiger partial charge in [-0.1, -0.05) is 152 Å². The fraction of sp³-hybridized carbons (Fsp3) is 0. The Labute approximate surface area is 294 Å². The summed E-state index contributed by atoms with van der Waals surface area (Å²) < 4.78 is 0. The summed E-state index contributed by atoms with van der Waals surface area (Å²) in [5.41, 5.74) is 9.91. The van der Waals surface area contributed by atoms with Gasteiger partial charge in [-0.3, -0.25) is 0 Å². The molecule has 0 spiro atoms. The molecule has 0 unspecified atom stereocenters. The average Bonchev–Trinajstić information content (AvgIpc) is 3.19. The number of fused-ring (bicyclic) bond motifs is 6. The van der Waals surface area contributed by atoms with Crippen LogP contribution >= 0.6 is 0 Å². The average molecular weight is 651 g/mol. The molecule has 0 fully saturated rings. The first kappa shape index (κ1) is 29.1.